The number of hydrogen-bond acceptors (Lipinski definition) is 4. The fourth-order valence-corrected chi connectivity index (χ4v) is 3.60. The number of nitrogens with zero attached hydrogens (tertiary/aromatic N) is 2. The Balaban J connectivity index is 1.38. The summed E-state index contributed by atoms with van der Waals surface area (Å²) in [5.74, 6) is -0.640. The van der Waals surface area contributed by atoms with Gasteiger partial charge in [0.1, 0.15) is 5.82 Å². The first-order valence-corrected chi connectivity index (χ1v) is 10.3. The highest BCUT2D eigenvalue weighted by Crippen LogP contribution is 2.19. The van der Waals surface area contributed by atoms with E-state index < -0.39 is 5.82 Å². The molecule has 1 fully saturated rings. The number of halogens is 1. The van der Waals surface area contributed by atoms with Gasteiger partial charge in [0.2, 0.25) is 11.8 Å². The number of rotatable bonds is 7. The zero-order valence-electron chi connectivity index (χ0n) is 17.6. The summed E-state index contributed by atoms with van der Waals surface area (Å²) in [4.78, 5) is 28.8. The molecule has 30 heavy (non-hydrogen) atoms. The molecule has 160 valence electrons. The minimum atomic E-state index is -0.432. The minimum absolute atomic E-state index is 0.00915. The minimum Gasteiger partial charge on any atom is -0.324 e. The molecule has 0 radical (unpaired) electrons. The number of carbonyl (C=O) groups is 2. The molecule has 2 N–H and O–H groups in total. The van der Waals surface area contributed by atoms with Crippen molar-refractivity contribution in [2.45, 2.75) is 20.3 Å². The Bertz CT molecular complexity index is 874. The third-order valence-corrected chi connectivity index (χ3v) is 5.38. The summed E-state index contributed by atoms with van der Waals surface area (Å²) >= 11 is 0. The molecule has 0 spiro atoms. The molecule has 2 aromatic carbocycles. The predicted octanol–water partition coefficient (Wildman–Crippen LogP) is 3.03. The Kier molecular flexibility index (Phi) is 7.54. The zero-order valence-corrected chi connectivity index (χ0v) is 17.6. The van der Waals surface area contributed by atoms with Crippen molar-refractivity contribution >= 4 is 23.2 Å². The lowest BCUT2D eigenvalue weighted by atomic mass is 10.1. The Hall–Kier alpha value is -2.77. The van der Waals surface area contributed by atoms with E-state index in [0.29, 0.717) is 19.5 Å². The van der Waals surface area contributed by atoms with E-state index in [2.05, 4.69) is 20.4 Å². The number of para-hydroxylation sites is 2. The van der Waals surface area contributed by atoms with E-state index in [-0.39, 0.29) is 17.5 Å². The van der Waals surface area contributed by atoms with Gasteiger partial charge in [0.05, 0.1) is 12.2 Å². The van der Waals surface area contributed by atoms with Crippen molar-refractivity contribution in [2.24, 2.45) is 0 Å². The Labute approximate surface area is 177 Å². The average molecular weight is 413 g/mol. The number of amides is 2. The molecule has 1 heterocycles. The molecule has 3 rings (SSSR count). The molecule has 1 aliphatic rings. The van der Waals surface area contributed by atoms with Gasteiger partial charge in [-0.15, -0.1) is 0 Å². The summed E-state index contributed by atoms with van der Waals surface area (Å²) in [6.07, 6.45) is 0.307. The van der Waals surface area contributed by atoms with Crippen molar-refractivity contribution in [1.82, 2.24) is 9.80 Å². The Morgan fingerprint density at radius 2 is 1.50 bits per heavy atom. The maximum absolute atomic E-state index is 13.6. The van der Waals surface area contributed by atoms with Crippen LogP contribution in [0, 0.1) is 19.7 Å². The van der Waals surface area contributed by atoms with Crippen molar-refractivity contribution in [3.8, 4) is 0 Å². The van der Waals surface area contributed by atoms with E-state index in [9.17, 15) is 14.0 Å². The number of hydrogen-bond donors (Lipinski definition) is 2. The molecule has 0 unspecified atom stereocenters. The van der Waals surface area contributed by atoms with Crippen LogP contribution in [0.25, 0.3) is 0 Å². The monoisotopic (exact) mass is 412 g/mol. The molecule has 0 aromatic heterocycles. The van der Waals surface area contributed by atoms with Crippen LogP contribution in [0.15, 0.2) is 42.5 Å². The highest BCUT2D eigenvalue weighted by Gasteiger charge is 2.20. The number of nitrogens with one attached hydrogen (secondary N) is 2. The van der Waals surface area contributed by atoms with Crippen LogP contribution < -0.4 is 10.6 Å². The molecular formula is C23H29FN4O2. The number of aryl methyl sites for hydroxylation is 2. The largest absolute Gasteiger partial charge is 0.324 e. The lowest BCUT2D eigenvalue weighted by Crippen LogP contribution is -2.49. The van der Waals surface area contributed by atoms with Crippen molar-refractivity contribution < 1.29 is 14.0 Å². The van der Waals surface area contributed by atoms with Crippen molar-refractivity contribution in [2.75, 3.05) is 49.9 Å². The molecule has 7 heteroatoms. The summed E-state index contributed by atoms with van der Waals surface area (Å²) < 4.78 is 13.6. The second-order valence-corrected chi connectivity index (χ2v) is 7.71. The SMILES string of the molecule is Cc1cccc(C)c1NC(=O)CN1CCN(CCC(=O)Nc2ccccc2F)CC1. The normalized spacial score (nSPS) is 15.0. The van der Waals surface area contributed by atoms with Gasteiger partial charge in [-0.3, -0.25) is 14.5 Å². The summed E-state index contributed by atoms with van der Waals surface area (Å²) in [6.45, 7) is 8.09. The van der Waals surface area contributed by atoms with Gasteiger partial charge < -0.3 is 15.5 Å². The first kappa shape index (κ1) is 21.9. The number of anilines is 2. The summed E-state index contributed by atoms with van der Waals surface area (Å²) in [5.41, 5.74) is 3.22. The number of benzene rings is 2. The number of carbonyl (C=O) groups excluding carboxylic acids is 2. The third-order valence-electron chi connectivity index (χ3n) is 5.38. The van der Waals surface area contributed by atoms with Gasteiger partial charge in [-0.1, -0.05) is 30.3 Å². The molecular weight excluding hydrogens is 383 g/mol. The van der Waals surface area contributed by atoms with E-state index in [4.69, 9.17) is 0 Å². The number of piperazine rings is 1. The predicted molar refractivity (Wildman–Crippen MR) is 117 cm³/mol. The standard InChI is InChI=1S/C23H29FN4O2/c1-17-6-5-7-18(2)23(17)26-22(30)16-28-14-12-27(13-15-28)11-10-21(29)25-20-9-4-3-8-19(20)24/h3-9H,10-16H2,1-2H3,(H,25,29)(H,26,30). The Morgan fingerprint density at radius 3 is 2.17 bits per heavy atom. The second-order valence-electron chi connectivity index (χ2n) is 7.71. The summed E-state index contributed by atoms with van der Waals surface area (Å²) in [6, 6.07) is 12.1. The van der Waals surface area contributed by atoms with Crippen LogP contribution in [-0.2, 0) is 9.59 Å². The van der Waals surface area contributed by atoms with Crippen LogP contribution in [0.5, 0.6) is 0 Å². The lowest BCUT2D eigenvalue weighted by molar-refractivity contribution is -0.117. The molecule has 1 aliphatic heterocycles. The molecule has 0 bridgehead atoms. The summed E-state index contributed by atoms with van der Waals surface area (Å²) in [5, 5.41) is 5.64. The van der Waals surface area contributed by atoms with Crippen LogP contribution in [0.4, 0.5) is 15.8 Å². The summed E-state index contributed by atoms with van der Waals surface area (Å²) in [7, 11) is 0. The molecule has 0 atom stereocenters. The van der Waals surface area contributed by atoms with Crippen molar-refractivity contribution in [3.63, 3.8) is 0 Å². The lowest BCUT2D eigenvalue weighted by Gasteiger charge is -2.34. The second kappa shape index (κ2) is 10.3. The molecule has 2 amide bonds. The van der Waals surface area contributed by atoms with Gasteiger partial charge in [-0.25, -0.2) is 4.39 Å². The fourth-order valence-electron chi connectivity index (χ4n) is 3.60. The Morgan fingerprint density at radius 1 is 0.867 bits per heavy atom. The van der Waals surface area contributed by atoms with Crippen LogP contribution in [0.3, 0.4) is 0 Å². The zero-order chi connectivity index (χ0) is 21.5. The maximum Gasteiger partial charge on any atom is 0.238 e. The first-order chi connectivity index (χ1) is 14.4. The van der Waals surface area contributed by atoms with Gasteiger partial charge in [-0.2, -0.15) is 0 Å². The molecule has 6 nitrogen and oxygen atoms in total. The molecule has 1 saturated heterocycles. The van der Waals surface area contributed by atoms with Crippen LogP contribution >= 0.6 is 0 Å². The van der Waals surface area contributed by atoms with E-state index in [0.717, 1.165) is 43.0 Å². The van der Waals surface area contributed by atoms with E-state index in [1.807, 2.05) is 32.0 Å². The van der Waals surface area contributed by atoms with E-state index in [1.165, 1.54) is 6.07 Å². The van der Waals surface area contributed by atoms with Crippen LogP contribution in [0.2, 0.25) is 0 Å². The molecule has 2 aromatic rings. The fraction of sp³-hybridized carbons (Fsp3) is 0.391. The maximum atomic E-state index is 13.6. The smallest absolute Gasteiger partial charge is 0.238 e. The van der Waals surface area contributed by atoms with Gasteiger partial charge in [0.25, 0.3) is 0 Å². The highest BCUT2D eigenvalue weighted by molar-refractivity contribution is 5.93. The van der Waals surface area contributed by atoms with E-state index in [1.54, 1.807) is 18.2 Å². The first-order valence-electron chi connectivity index (χ1n) is 10.3. The van der Waals surface area contributed by atoms with Crippen molar-refractivity contribution in [1.29, 1.82) is 0 Å². The van der Waals surface area contributed by atoms with Crippen LogP contribution in [-0.4, -0.2) is 60.9 Å². The molecule has 0 saturated carbocycles. The quantitative estimate of drug-likeness (QED) is 0.734. The van der Waals surface area contributed by atoms with Gasteiger partial charge in [0.15, 0.2) is 0 Å². The average Bonchev–Trinajstić information content (AvgIpc) is 2.72. The van der Waals surface area contributed by atoms with Gasteiger partial charge in [-0.05, 0) is 37.1 Å². The third kappa shape index (κ3) is 6.11. The van der Waals surface area contributed by atoms with Gasteiger partial charge >= 0.3 is 0 Å². The van der Waals surface area contributed by atoms with Crippen LogP contribution in [0.1, 0.15) is 17.5 Å². The highest BCUT2D eigenvalue weighted by atomic mass is 19.1. The molecule has 0 aliphatic carbocycles. The van der Waals surface area contributed by atoms with Crippen molar-refractivity contribution in [3.05, 3.63) is 59.4 Å². The van der Waals surface area contributed by atoms with E-state index >= 15 is 0 Å². The topological polar surface area (TPSA) is 64.7 Å². The van der Waals surface area contributed by atoms with Gasteiger partial charge in [0, 0.05) is 44.8 Å².